The number of amides is 3. The fourth-order valence-electron chi connectivity index (χ4n) is 3.58. The van der Waals surface area contributed by atoms with Gasteiger partial charge in [0.1, 0.15) is 18.8 Å². The second-order valence-corrected chi connectivity index (χ2v) is 7.76. The van der Waals surface area contributed by atoms with Gasteiger partial charge in [-0.25, -0.2) is 0 Å². The van der Waals surface area contributed by atoms with E-state index in [0.717, 1.165) is 25.0 Å². The number of fused-ring (bicyclic) bond motifs is 1. The number of rotatable bonds is 8. The van der Waals surface area contributed by atoms with Gasteiger partial charge in [-0.2, -0.15) is 5.10 Å². The van der Waals surface area contributed by atoms with Crippen LogP contribution in [0.15, 0.2) is 48.5 Å². The van der Waals surface area contributed by atoms with Gasteiger partial charge in [0.15, 0.2) is 5.69 Å². The Hall–Kier alpha value is -4.09. The maximum Gasteiger partial charge on any atom is 0.573 e. The molecule has 0 unspecified atom stereocenters. The summed E-state index contributed by atoms with van der Waals surface area (Å²) >= 11 is 0. The molecule has 0 bridgehead atoms. The molecule has 0 radical (unpaired) electrons. The molecular weight excluding hydrogens is 455 g/mol. The maximum absolute atomic E-state index is 13.0. The van der Waals surface area contributed by atoms with Gasteiger partial charge in [0.05, 0.1) is 5.52 Å². The van der Waals surface area contributed by atoms with Crippen molar-refractivity contribution in [1.29, 1.82) is 0 Å². The van der Waals surface area contributed by atoms with E-state index in [1.165, 1.54) is 21.7 Å². The molecule has 4 rings (SSSR count). The van der Waals surface area contributed by atoms with Crippen LogP contribution in [0.4, 0.5) is 18.9 Å². The van der Waals surface area contributed by atoms with Crippen LogP contribution in [0.3, 0.4) is 0 Å². The summed E-state index contributed by atoms with van der Waals surface area (Å²) in [5.74, 6) is -2.17. The minimum absolute atomic E-state index is 0.0417. The van der Waals surface area contributed by atoms with Crippen LogP contribution < -0.4 is 15.8 Å². The van der Waals surface area contributed by atoms with Crippen LogP contribution in [0.1, 0.15) is 23.3 Å². The predicted molar refractivity (Wildman–Crippen MR) is 115 cm³/mol. The second kappa shape index (κ2) is 9.04. The van der Waals surface area contributed by atoms with Gasteiger partial charge in [-0.3, -0.25) is 19.1 Å². The van der Waals surface area contributed by atoms with Crippen molar-refractivity contribution in [1.82, 2.24) is 14.7 Å². The van der Waals surface area contributed by atoms with Gasteiger partial charge in [0, 0.05) is 23.2 Å². The highest BCUT2D eigenvalue weighted by Crippen LogP contribution is 2.28. The molecular formula is C22H20F3N5O4. The fourth-order valence-corrected chi connectivity index (χ4v) is 3.58. The predicted octanol–water partition coefficient (Wildman–Crippen LogP) is 2.66. The van der Waals surface area contributed by atoms with E-state index in [2.05, 4.69) is 15.2 Å². The molecule has 3 amide bonds. The van der Waals surface area contributed by atoms with Crippen LogP contribution in [-0.2, 0) is 16.1 Å². The Morgan fingerprint density at radius 2 is 1.88 bits per heavy atom. The number of halogens is 3. The van der Waals surface area contributed by atoms with E-state index in [9.17, 15) is 27.6 Å². The summed E-state index contributed by atoms with van der Waals surface area (Å²) in [5.41, 5.74) is 6.08. The summed E-state index contributed by atoms with van der Waals surface area (Å²) in [5, 5.41) is 7.16. The highest BCUT2D eigenvalue weighted by atomic mass is 19.4. The number of carbonyl (C=O) groups excluding carboxylic acids is 3. The number of ether oxygens (including phenoxy) is 1. The number of benzene rings is 2. The fraction of sp³-hybridized carbons (Fsp3) is 0.273. The summed E-state index contributed by atoms with van der Waals surface area (Å²) in [6.45, 7) is -0.512. The summed E-state index contributed by atoms with van der Waals surface area (Å²) in [7, 11) is 0. The molecule has 1 aromatic heterocycles. The smallest absolute Gasteiger partial charge is 0.406 e. The maximum atomic E-state index is 13.0. The van der Waals surface area contributed by atoms with E-state index < -0.39 is 29.8 Å². The average Bonchev–Trinajstić information content (AvgIpc) is 3.53. The number of hydrogen-bond acceptors (Lipinski definition) is 5. The molecule has 178 valence electrons. The zero-order chi connectivity index (χ0) is 24.5. The Morgan fingerprint density at radius 1 is 1.15 bits per heavy atom. The first-order valence-corrected chi connectivity index (χ1v) is 10.3. The summed E-state index contributed by atoms with van der Waals surface area (Å²) in [6, 6.07) is 11.6. The number of nitrogens with two attached hydrogens (primary N) is 1. The molecule has 1 aliphatic carbocycles. The van der Waals surface area contributed by atoms with Crippen LogP contribution in [0.25, 0.3) is 10.9 Å². The Labute approximate surface area is 191 Å². The highest BCUT2D eigenvalue weighted by Gasteiger charge is 2.34. The van der Waals surface area contributed by atoms with E-state index >= 15 is 0 Å². The van der Waals surface area contributed by atoms with Crippen LogP contribution in [-0.4, -0.2) is 51.4 Å². The van der Waals surface area contributed by atoms with Gasteiger partial charge < -0.3 is 20.7 Å². The molecule has 0 aliphatic heterocycles. The molecule has 34 heavy (non-hydrogen) atoms. The number of hydrogen-bond donors (Lipinski definition) is 2. The Morgan fingerprint density at radius 3 is 2.56 bits per heavy atom. The lowest BCUT2D eigenvalue weighted by molar-refractivity contribution is -0.274. The second-order valence-electron chi connectivity index (χ2n) is 7.76. The minimum atomic E-state index is -4.86. The molecule has 0 atom stereocenters. The lowest BCUT2D eigenvalue weighted by atomic mass is 10.2. The third-order valence-electron chi connectivity index (χ3n) is 5.15. The van der Waals surface area contributed by atoms with Gasteiger partial charge in [-0.15, -0.1) is 13.2 Å². The normalized spacial score (nSPS) is 13.5. The number of anilines is 1. The molecule has 1 saturated carbocycles. The van der Waals surface area contributed by atoms with Crippen molar-refractivity contribution in [2.24, 2.45) is 5.73 Å². The highest BCUT2D eigenvalue weighted by molar-refractivity contribution is 6.04. The Balaban J connectivity index is 1.46. The first kappa shape index (κ1) is 23.1. The standard InChI is InChI=1S/C22H20F3N5O4/c23-22(24,25)34-15-5-3-4-13(10-15)27-18(31)11-29(14-8-9-14)19(32)12-30-17-7-2-1-6-16(17)20(28-30)21(26)33/h1-7,10,14H,8-9,11-12H2,(H2,26,33)(H,27,31). The Bertz CT molecular complexity index is 1250. The molecule has 3 aromatic rings. The zero-order valence-corrected chi connectivity index (χ0v) is 17.7. The van der Waals surface area contributed by atoms with Crippen molar-refractivity contribution in [2.45, 2.75) is 31.8 Å². The molecule has 0 saturated heterocycles. The molecule has 2 aromatic carbocycles. The monoisotopic (exact) mass is 475 g/mol. The van der Waals surface area contributed by atoms with E-state index in [0.29, 0.717) is 10.9 Å². The lowest BCUT2D eigenvalue weighted by Gasteiger charge is -2.22. The number of para-hydroxylation sites is 1. The van der Waals surface area contributed by atoms with Crippen LogP contribution in [0, 0.1) is 0 Å². The van der Waals surface area contributed by atoms with Crippen LogP contribution in [0.2, 0.25) is 0 Å². The first-order chi connectivity index (χ1) is 16.1. The lowest BCUT2D eigenvalue weighted by Crippen LogP contribution is -2.41. The summed E-state index contributed by atoms with van der Waals surface area (Å²) in [6.07, 6.45) is -3.41. The molecule has 1 aliphatic rings. The molecule has 1 fully saturated rings. The average molecular weight is 475 g/mol. The summed E-state index contributed by atoms with van der Waals surface area (Å²) < 4.78 is 42.5. The van der Waals surface area contributed by atoms with Crippen molar-refractivity contribution >= 4 is 34.3 Å². The first-order valence-electron chi connectivity index (χ1n) is 10.3. The molecule has 3 N–H and O–H groups in total. The number of aromatic nitrogens is 2. The van der Waals surface area contributed by atoms with E-state index in [1.807, 2.05) is 0 Å². The summed E-state index contributed by atoms with van der Waals surface area (Å²) in [4.78, 5) is 38.7. The minimum Gasteiger partial charge on any atom is -0.406 e. The van der Waals surface area contributed by atoms with Crippen molar-refractivity contribution in [3.63, 3.8) is 0 Å². The van der Waals surface area contributed by atoms with E-state index in [4.69, 9.17) is 5.73 Å². The third-order valence-corrected chi connectivity index (χ3v) is 5.15. The van der Waals surface area contributed by atoms with Gasteiger partial charge >= 0.3 is 6.36 Å². The third kappa shape index (κ3) is 5.45. The van der Waals surface area contributed by atoms with Crippen LogP contribution in [0.5, 0.6) is 5.75 Å². The number of carbonyl (C=O) groups is 3. The van der Waals surface area contributed by atoms with Crippen molar-refractivity contribution in [2.75, 3.05) is 11.9 Å². The van der Waals surface area contributed by atoms with Gasteiger partial charge in [-0.1, -0.05) is 24.3 Å². The number of alkyl halides is 3. The van der Waals surface area contributed by atoms with Gasteiger partial charge in [0.2, 0.25) is 11.8 Å². The largest absolute Gasteiger partial charge is 0.573 e. The molecule has 9 nitrogen and oxygen atoms in total. The van der Waals surface area contributed by atoms with Crippen molar-refractivity contribution in [3.05, 3.63) is 54.2 Å². The SMILES string of the molecule is NC(=O)c1nn(CC(=O)N(CC(=O)Nc2cccc(OC(F)(F)F)c2)C2CC2)c2ccccc12. The molecule has 12 heteroatoms. The zero-order valence-electron chi connectivity index (χ0n) is 17.7. The topological polar surface area (TPSA) is 120 Å². The van der Waals surface area contributed by atoms with Gasteiger partial charge in [-0.05, 0) is 31.0 Å². The molecule has 1 heterocycles. The van der Waals surface area contributed by atoms with Crippen molar-refractivity contribution in [3.8, 4) is 5.75 Å². The Kier molecular flexibility index (Phi) is 6.14. The number of nitrogens with zero attached hydrogens (tertiary/aromatic N) is 3. The number of primary amides is 1. The number of nitrogens with one attached hydrogen (secondary N) is 1. The van der Waals surface area contributed by atoms with E-state index in [-0.39, 0.29) is 30.5 Å². The van der Waals surface area contributed by atoms with Crippen molar-refractivity contribution < 1.29 is 32.3 Å². The van der Waals surface area contributed by atoms with Gasteiger partial charge in [0.25, 0.3) is 5.91 Å². The van der Waals surface area contributed by atoms with Crippen LogP contribution >= 0.6 is 0 Å². The quantitative estimate of drug-likeness (QED) is 0.519. The molecule has 0 spiro atoms. The van der Waals surface area contributed by atoms with E-state index in [1.54, 1.807) is 24.3 Å².